The summed E-state index contributed by atoms with van der Waals surface area (Å²) in [5.74, 6) is -3.06. The fourth-order valence-electron chi connectivity index (χ4n) is 4.27. The SMILES string of the molecule is Cc1c(Cc2ccc(F)c(C(=O)N3CCc4c(C5CC5)n[nH]c4C3)c2)n[nH]c(=O)c1C.O=C(O)C(F)(F)F. The third-order valence-corrected chi connectivity index (χ3v) is 6.72. The molecule has 13 heteroatoms. The lowest BCUT2D eigenvalue weighted by Crippen LogP contribution is -2.36. The number of aliphatic carboxylic acids is 1. The Hall–Kier alpha value is -4.03. The Bertz CT molecular complexity index is 1440. The van der Waals surface area contributed by atoms with Gasteiger partial charge in [0.15, 0.2) is 0 Å². The van der Waals surface area contributed by atoms with Gasteiger partial charge in [-0.05, 0) is 56.4 Å². The molecule has 3 aromatic rings. The molecule has 5 rings (SSSR count). The van der Waals surface area contributed by atoms with Gasteiger partial charge in [-0.3, -0.25) is 14.7 Å². The summed E-state index contributed by atoms with van der Waals surface area (Å²) in [4.78, 5) is 35.4. The van der Waals surface area contributed by atoms with Crippen molar-refractivity contribution in [3.63, 3.8) is 0 Å². The first kappa shape index (κ1) is 27.0. The van der Waals surface area contributed by atoms with Crippen molar-refractivity contribution in [2.24, 2.45) is 0 Å². The second-order valence-corrected chi connectivity index (χ2v) is 9.36. The summed E-state index contributed by atoms with van der Waals surface area (Å²) in [7, 11) is 0. The number of hydrogen-bond donors (Lipinski definition) is 3. The smallest absolute Gasteiger partial charge is 0.475 e. The van der Waals surface area contributed by atoms with E-state index in [4.69, 9.17) is 9.90 Å². The molecule has 1 fully saturated rings. The molecule has 0 radical (unpaired) electrons. The molecule has 0 spiro atoms. The number of carboxylic acid groups (broad SMARTS) is 1. The standard InChI is InChI=1S/C23H24FN5O2.C2HF3O2/c1-12-13(2)22(30)28-25-19(12)10-14-3-6-18(24)17(9-14)23(31)29-8-7-16-20(11-29)26-27-21(16)15-4-5-15;3-2(4,5)1(6)7/h3,6,9,15H,4-5,7-8,10-11H2,1-2H3,(H,26,27)(H,28,30);(H,6,7). The van der Waals surface area contributed by atoms with Gasteiger partial charge in [-0.1, -0.05) is 6.07 Å². The van der Waals surface area contributed by atoms with Gasteiger partial charge in [-0.2, -0.15) is 23.4 Å². The molecule has 9 nitrogen and oxygen atoms in total. The maximum absolute atomic E-state index is 14.6. The van der Waals surface area contributed by atoms with E-state index in [2.05, 4.69) is 20.4 Å². The number of nitrogens with zero attached hydrogens (tertiary/aromatic N) is 3. The third-order valence-electron chi connectivity index (χ3n) is 6.72. The zero-order valence-electron chi connectivity index (χ0n) is 20.6. The van der Waals surface area contributed by atoms with E-state index in [9.17, 15) is 27.2 Å². The van der Waals surface area contributed by atoms with Crippen LogP contribution in [0.3, 0.4) is 0 Å². The predicted molar refractivity (Wildman–Crippen MR) is 126 cm³/mol. The first-order valence-corrected chi connectivity index (χ1v) is 11.8. The summed E-state index contributed by atoms with van der Waals surface area (Å²) in [5, 5.41) is 21.3. The molecule has 0 unspecified atom stereocenters. The number of alkyl halides is 3. The van der Waals surface area contributed by atoms with Crippen LogP contribution in [0.5, 0.6) is 0 Å². The van der Waals surface area contributed by atoms with Gasteiger partial charge in [0.25, 0.3) is 11.5 Å². The Morgan fingerprint density at radius 3 is 2.45 bits per heavy atom. The highest BCUT2D eigenvalue weighted by Crippen LogP contribution is 2.42. The van der Waals surface area contributed by atoms with Crippen LogP contribution >= 0.6 is 0 Å². The van der Waals surface area contributed by atoms with Crippen LogP contribution in [0.1, 0.15) is 68.5 Å². The lowest BCUT2D eigenvalue weighted by Gasteiger charge is -2.27. The van der Waals surface area contributed by atoms with E-state index in [1.807, 2.05) is 6.92 Å². The topological polar surface area (TPSA) is 132 Å². The monoisotopic (exact) mass is 535 g/mol. The van der Waals surface area contributed by atoms with Gasteiger partial charge in [0.2, 0.25) is 0 Å². The second kappa shape index (κ2) is 10.4. The number of aromatic amines is 2. The van der Waals surface area contributed by atoms with Gasteiger partial charge < -0.3 is 10.0 Å². The number of amides is 1. The largest absolute Gasteiger partial charge is 0.490 e. The summed E-state index contributed by atoms with van der Waals surface area (Å²) >= 11 is 0. The lowest BCUT2D eigenvalue weighted by atomic mass is 9.99. The number of rotatable bonds is 4. The van der Waals surface area contributed by atoms with Crippen LogP contribution < -0.4 is 5.56 Å². The average Bonchev–Trinajstić information content (AvgIpc) is 3.63. The van der Waals surface area contributed by atoms with Crippen molar-refractivity contribution in [1.82, 2.24) is 25.3 Å². The highest BCUT2D eigenvalue weighted by atomic mass is 19.4. The molecule has 1 aliphatic heterocycles. The molecule has 0 saturated heterocycles. The average molecular weight is 535 g/mol. The number of H-pyrrole nitrogens is 2. The Kier molecular flexibility index (Phi) is 7.38. The van der Waals surface area contributed by atoms with E-state index >= 15 is 0 Å². The van der Waals surface area contributed by atoms with Crippen LogP contribution in [0.2, 0.25) is 0 Å². The van der Waals surface area contributed by atoms with Gasteiger partial charge in [0.05, 0.1) is 29.2 Å². The molecule has 3 N–H and O–H groups in total. The van der Waals surface area contributed by atoms with E-state index in [-0.39, 0.29) is 17.0 Å². The fraction of sp³-hybridized carbons (Fsp3) is 0.400. The Labute approximate surface area is 213 Å². The van der Waals surface area contributed by atoms with Crippen LogP contribution in [0.4, 0.5) is 17.6 Å². The fourth-order valence-corrected chi connectivity index (χ4v) is 4.27. The molecule has 1 saturated carbocycles. The summed E-state index contributed by atoms with van der Waals surface area (Å²) in [6.07, 6.45) is -1.58. The third kappa shape index (κ3) is 5.76. The molecule has 1 aromatic carbocycles. The first-order valence-electron chi connectivity index (χ1n) is 11.8. The molecular weight excluding hydrogens is 510 g/mol. The number of hydrogen-bond acceptors (Lipinski definition) is 5. The molecule has 1 amide bonds. The van der Waals surface area contributed by atoms with E-state index in [1.165, 1.54) is 24.5 Å². The van der Waals surface area contributed by atoms with Crippen molar-refractivity contribution in [2.45, 2.75) is 58.2 Å². The van der Waals surface area contributed by atoms with Crippen molar-refractivity contribution >= 4 is 11.9 Å². The molecule has 38 heavy (non-hydrogen) atoms. The molecule has 2 aromatic heterocycles. The number of halogens is 4. The van der Waals surface area contributed by atoms with Crippen LogP contribution in [0.15, 0.2) is 23.0 Å². The minimum Gasteiger partial charge on any atom is -0.475 e. The van der Waals surface area contributed by atoms with Gasteiger partial charge in [-0.25, -0.2) is 14.3 Å². The Balaban J connectivity index is 0.000000426. The number of benzene rings is 1. The number of nitrogens with one attached hydrogen (secondary N) is 2. The van der Waals surface area contributed by atoms with Crippen LogP contribution in [0.25, 0.3) is 0 Å². The number of carboxylic acids is 1. The Morgan fingerprint density at radius 1 is 1.13 bits per heavy atom. The normalized spacial score (nSPS) is 14.9. The van der Waals surface area contributed by atoms with E-state index in [0.717, 1.165) is 28.9 Å². The number of fused-ring (bicyclic) bond motifs is 1. The Morgan fingerprint density at radius 2 is 1.82 bits per heavy atom. The molecule has 3 heterocycles. The molecular formula is C25H25F4N5O4. The van der Waals surface area contributed by atoms with Gasteiger partial charge in [-0.15, -0.1) is 0 Å². The van der Waals surface area contributed by atoms with Crippen molar-refractivity contribution in [1.29, 1.82) is 0 Å². The highest BCUT2D eigenvalue weighted by molar-refractivity contribution is 5.94. The molecule has 2 aliphatic rings. The summed E-state index contributed by atoms with van der Waals surface area (Å²) < 4.78 is 46.3. The van der Waals surface area contributed by atoms with E-state index < -0.39 is 18.0 Å². The predicted octanol–water partition coefficient (Wildman–Crippen LogP) is 3.55. The summed E-state index contributed by atoms with van der Waals surface area (Å²) in [5.41, 5.74) is 6.06. The maximum atomic E-state index is 14.6. The second-order valence-electron chi connectivity index (χ2n) is 9.36. The zero-order chi connectivity index (χ0) is 27.8. The lowest BCUT2D eigenvalue weighted by molar-refractivity contribution is -0.192. The molecule has 0 bridgehead atoms. The number of carbonyl (C=O) groups is 2. The van der Waals surface area contributed by atoms with Crippen LogP contribution in [-0.2, 0) is 24.2 Å². The van der Waals surface area contributed by atoms with Gasteiger partial charge in [0.1, 0.15) is 5.82 Å². The quantitative estimate of drug-likeness (QED) is 0.438. The van der Waals surface area contributed by atoms with Crippen molar-refractivity contribution in [2.75, 3.05) is 6.54 Å². The zero-order valence-corrected chi connectivity index (χ0v) is 20.6. The summed E-state index contributed by atoms with van der Waals surface area (Å²) in [6.45, 7) is 4.55. The van der Waals surface area contributed by atoms with E-state index in [0.29, 0.717) is 36.7 Å². The number of carbonyl (C=O) groups excluding carboxylic acids is 1. The van der Waals surface area contributed by atoms with Crippen LogP contribution in [-0.4, -0.2) is 55.0 Å². The molecule has 0 atom stereocenters. The minimum absolute atomic E-state index is 0.0571. The van der Waals surface area contributed by atoms with Crippen molar-refractivity contribution in [3.8, 4) is 0 Å². The summed E-state index contributed by atoms with van der Waals surface area (Å²) in [6, 6.07) is 4.57. The van der Waals surface area contributed by atoms with Crippen molar-refractivity contribution in [3.05, 3.63) is 79.3 Å². The van der Waals surface area contributed by atoms with Crippen LogP contribution in [0, 0.1) is 19.7 Å². The van der Waals surface area contributed by atoms with E-state index in [1.54, 1.807) is 24.0 Å². The van der Waals surface area contributed by atoms with Crippen molar-refractivity contribution < 1.29 is 32.3 Å². The molecule has 202 valence electrons. The molecule has 1 aliphatic carbocycles. The maximum Gasteiger partial charge on any atom is 0.490 e. The minimum atomic E-state index is -5.08. The highest BCUT2D eigenvalue weighted by Gasteiger charge is 2.38. The van der Waals surface area contributed by atoms with Gasteiger partial charge >= 0.3 is 12.1 Å². The number of aromatic nitrogens is 4. The van der Waals surface area contributed by atoms with Gasteiger partial charge in [0, 0.05) is 30.0 Å². The first-order chi connectivity index (χ1) is 17.9.